The Morgan fingerprint density at radius 3 is 2.94 bits per heavy atom. The van der Waals surface area contributed by atoms with Gasteiger partial charge in [0.25, 0.3) is 11.5 Å². The summed E-state index contributed by atoms with van der Waals surface area (Å²) in [5, 5.41) is 3.90. The molecular weight excluding hydrogens is 325 g/mol. The van der Waals surface area contributed by atoms with E-state index in [9.17, 15) is 9.59 Å². The van der Waals surface area contributed by atoms with Crippen LogP contribution in [0.15, 0.2) is 23.4 Å². The van der Waals surface area contributed by atoms with Crippen LogP contribution in [0.3, 0.4) is 0 Å². The van der Waals surface area contributed by atoms with Gasteiger partial charge >= 0.3 is 0 Å². The average molecular weight is 331 g/mol. The highest BCUT2D eigenvalue weighted by Gasteiger charge is 2.10. The topological polar surface area (TPSA) is 107 Å². The van der Waals surface area contributed by atoms with Crippen molar-refractivity contribution in [3.8, 4) is 5.82 Å². The van der Waals surface area contributed by atoms with E-state index in [2.05, 4.69) is 15.1 Å². The summed E-state index contributed by atoms with van der Waals surface area (Å²) < 4.78 is 1.72. The Morgan fingerprint density at radius 1 is 1.56 bits per heavy atom. The number of aromatic amines is 1. The van der Waals surface area contributed by atoms with E-state index in [0.717, 1.165) is 0 Å². The largest absolute Gasteiger partial charge is 0.364 e. The van der Waals surface area contributed by atoms with Crippen LogP contribution in [0.25, 0.3) is 5.82 Å². The zero-order valence-corrected chi connectivity index (χ0v) is 10.0. The maximum atomic E-state index is 11.3. The van der Waals surface area contributed by atoms with Crippen molar-refractivity contribution in [3.63, 3.8) is 0 Å². The summed E-state index contributed by atoms with van der Waals surface area (Å²) in [5.74, 6) is -0.268. The molecule has 7 nitrogen and oxygen atoms in total. The summed E-state index contributed by atoms with van der Waals surface area (Å²) in [5.41, 5.74) is 4.93. The molecule has 0 aliphatic rings. The minimum atomic E-state index is -0.626. The molecular formula is C8H6IN5O2. The summed E-state index contributed by atoms with van der Waals surface area (Å²) in [4.78, 5) is 28.6. The quantitative estimate of drug-likeness (QED) is 0.734. The van der Waals surface area contributed by atoms with E-state index in [1.807, 2.05) is 22.6 Å². The van der Waals surface area contributed by atoms with Gasteiger partial charge in [-0.25, -0.2) is 9.67 Å². The molecule has 0 aliphatic carbocycles. The van der Waals surface area contributed by atoms with Crippen LogP contribution >= 0.6 is 22.6 Å². The van der Waals surface area contributed by atoms with Gasteiger partial charge in [0.2, 0.25) is 0 Å². The minimum Gasteiger partial charge on any atom is -0.364 e. The number of carbonyl (C=O) groups excluding carboxylic acids is 1. The summed E-state index contributed by atoms with van der Waals surface area (Å²) in [6.07, 6.45) is 2.79. The first-order chi connectivity index (χ1) is 7.59. The van der Waals surface area contributed by atoms with Crippen LogP contribution in [0.2, 0.25) is 0 Å². The number of hydrogen-bond donors (Lipinski definition) is 2. The van der Waals surface area contributed by atoms with Crippen molar-refractivity contribution < 1.29 is 4.79 Å². The molecule has 1 amide bonds. The lowest BCUT2D eigenvalue weighted by Gasteiger charge is -2.00. The molecule has 82 valence electrons. The monoisotopic (exact) mass is 331 g/mol. The predicted molar refractivity (Wildman–Crippen MR) is 63.2 cm³/mol. The van der Waals surface area contributed by atoms with Gasteiger partial charge in [0.1, 0.15) is 9.26 Å². The number of hydrogen-bond acceptors (Lipinski definition) is 4. The van der Waals surface area contributed by atoms with E-state index >= 15 is 0 Å². The molecule has 0 atom stereocenters. The molecule has 3 N–H and O–H groups in total. The Kier molecular flexibility index (Phi) is 2.73. The molecule has 2 rings (SSSR count). The van der Waals surface area contributed by atoms with E-state index in [0.29, 0.717) is 9.39 Å². The molecule has 0 unspecified atom stereocenters. The van der Waals surface area contributed by atoms with Gasteiger partial charge in [-0.05, 0) is 28.7 Å². The molecule has 2 aromatic rings. The van der Waals surface area contributed by atoms with Gasteiger partial charge in [0.05, 0.1) is 6.33 Å². The molecule has 0 aromatic carbocycles. The van der Waals surface area contributed by atoms with Crippen LogP contribution in [0.1, 0.15) is 10.5 Å². The van der Waals surface area contributed by atoms with Crippen LogP contribution in [-0.4, -0.2) is 25.7 Å². The zero-order chi connectivity index (χ0) is 11.7. The van der Waals surface area contributed by atoms with Crippen molar-refractivity contribution in [2.75, 3.05) is 0 Å². The first kappa shape index (κ1) is 10.8. The van der Waals surface area contributed by atoms with E-state index in [1.165, 1.54) is 23.3 Å². The lowest BCUT2D eigenvalue weighted by atomic mass is 10.4. The highest BCUT2D eigenvalue weighted by molar-refractivity contribution is 14.1. The Bertz CT molecular complexity index is 602. The van der Waals surface area contributed by atoms with Gasteiger partial charge in [-0.1, -0.05) is 0 Å². The summed E-state index contributed by atoms with van der Waals surface area (Å²) >= 11 is 1.85. The van der Waals surface area contributed by atoms with E-state index in [-0.39, 0.29) is 11.3 Å². The second-order valence-electron chi connectivity index (χ2n) is 2.88. The third-order valence-electron chi connectivity index (χ3n) is 1.84. The van der Waals surface area contributed by atoms with Crippen LogP contribution in [0.5, 0.6) is 0 Å². The molecule has 8 heteroatoms. The smallest absolute Gasteiger partial charge is 0.269 e. The molecule has 0 aliphatic heterocycles. The van der Waals surface area contributed by atoms with Crippen LogP contribution in [0, 0.1) is 3.57 Å². The maximum absolute atomic E-state index is 11.3. The lowest BCUT2D eigenvalue weighted by Crippen LogP contribution is -2.16. The lowest BCUT2D eigenvalue weighted by molar-refractivity contribution is 0.0995. The fourth-order valence-electron chi connectivity index (χ4n) is 1.11. The standard InChI is InChI=1S/C8H6IN5O2/c9-5-7(11-3-12-8(5)16)14-2-1-4(13-14)6(10)15/h1-3H,(H2,10,15)(H,11,12,16). The van der Waals surface area contributed by atoms with Gasteiger partial charge in [0, 0.05) is 6.20 Å². The van der Waals surface area contributed by atoms with Crippen molar-refractivity contribution in [2.24, 2.45) is 5.73 Å². The van der Waals surface area contributed by atoms with E-state index in [4.69, 9.17) is 5.73 Å². The number of H-pyrrole nitrogens is 1. The second kappa shape index (κ2) is 4.04. The van der Waals surface area contributed by atoms with Crippen molar-refractivity contribution in [1.82, 2.24) is 19.7 Å². The predicted octanol–water partition coefficient (Wildman–Crippen LogP) is -0.341. The van der Waals surface area contributed by atoms with Gasteiger partial charge in [-0.15, -0.1) is 0 Å². The van der Waals surface area contributed by atoms with Gasteiger partial charge in [-0.2, -0.15) is 5.10 Å². The molecule has 0 saturated heterocycles. The molecule has 2 heterocycles. The van der Waals surface area contributed by atoms with E-state index < -0.39 is 5.91 Å². The van der Waals surface area contributed by atoms with Gasteiger partial charge in [0.15, 0.2) is 5.82 Å². The fraction of sp³-hybridized carbons (Fsp3) is 0. The van der Waals surface area contributed by atoms with Crippen LogP contribution in [0.4, 0.5) is 0 Å². The number of halogens is 1. The summed E-state index contributed by atoms with van der Waals surface area (Å²) in [6, 6.07) is 1.46. The second-order valence-corrected chi connectivity index (χ2v) is 3.96. The maximum Gasteiger partial charge on any atom is 0.269 e. The number of rotatable bonds is 2. The molecule has 0 saturated carbocycles. The highest BCUT2D eigenvalue weighted by atomic mass is 127. The number of aromatic nitrogens is 4. The summed E-state index contributed by atoms with van der Waals surface area (Å²) in [6.45, 7) is 0. The van der Waals surface area contributed by atoms with Gasteiger partial charge in [-0.3, -0.25) is 9.59 Å². The number of carbonyl (C=O) groups is 1. The number of nitrogens with two attached hydrogens (primary N) is 1. The molecule has 0 radical (unpaired) electrons. The van der Waals surface area contributed by atoms with Crippen molar-refractivity contribution >= 4 is 28.5 Å². The molecule has 0 fully saturated rings. The Morgan fingerprint density at radius 2 is 2.31 bits per heavy atom. The van der Waals surface area contributed by atoms with Crippen molar-refractivity contribution in [1.29, 1.82) is 0 Å². The van der Waals surface area contributed by atoms with E-state index in [1.54, 1.807) is 0 Å². The summed E-state index contributed by atoms with van der Waals surface area (Å²) in [7, 11) is 0. The normalized spacial score (nSPS) is 10.3. The van der Waals surface area contributed by atoms with Gasteiger partial charge < -0.3 is 10.7 Å². The van der Waals surface area contributed by atoms with Crippen molar-refractivity contribution in [2.45, 2.75) is 0 Å². The van der Waals surface area contributed by atoms with Crippen molar-refractivity contribution in [3.05, 3.63) is 38.2 Å². The first-order valence-corrected chi connectivity index (χ1v) is 5.26. The number of amides is 1. The van der Waals surface area contributed by atoms with Crippen LogP contribution < -0.4 is 11.3 Å². The number of nitrogens with zero attached hydrogens (tertiary/aromatic N) is 3. The third kappa shape index (κ3) is 1.83. The molecule has 0 bridgehead atoms. The molecule has 16 heavy (non-hydrogen) atoms. The molecule has 0 spiro atoms. The number of primary amides is 1. The third-order valence-corrected chi connectivity index (χ3v) is 2.81. The number of nitrogens with one attached hydrogen (secondary N) is 1. The Hall–Kier alpha value is -1.71. The molecule has 2 aromatic heterocycles. The first-order valence-electron chi connectivity index (χ1n) is 4.18. The average Bonchev–Trinajstić information content (AvgIpc) is 2.71. The highest BCUT2D eigenvalue weighted by Crippen LogP contribution is 2.08. The van der Waals surface area contributed by atoms with Crippen LogP contribution in [-0.2, 0) is 0 Å². The minimum absolute atomic E-state index is 0.123. The Balaban J connectivity index is 2.55. The fourth-order valence-corrected chi connectivity index (χ4v) is 1.65. The zero-order valence-electron chi connectivity index (χ0n) is 7.85. The Labute approximate surface area is 103 Å². The SMILES string of the molecule is NC(=O)c1ccn(-c2nc[nH]c(=O)c2I)n1.